The van der Waals surface area contributed by atoms with E-state index in [0.29, 0.717) is 16.8 Å². The second-order valence-corrected chi connectivity index (χ2v) is 6.96. The first-order valence-corrected chi connectivity index (χ1v) is 8.25. The lowest BCUT2D eigenvalue weighted by Gasteiger charge is -2.20. The number of rotatable bonds is 4. The highest BCUT2D eigenvalue weighted by Crippen LogP contribution is 2.40. The number of carbonyl (C=O) groups is 2. The normalized spacial score (nSPS) is 18.9. The van der Waals surface area contributed by atoms with Crippen molar-refractivity contribution in [3.63, 3.8) is 0 Å². The van der Waals surface area contributed by atoms with Crippen LogP contribution in [0.1, 0.15) is 22.3 Å². The van der Waals surface area contributed by atoms with E-state index >= 15 is 0 Å². The number of aliphatic hydroxyl groups is 1. The molecule has 0 saturated carbocycles. The molecule has 3 rings (SSSR count). The smallest absolute Gasteiger partial charge is 0.261 e. The van der Waals surface area contributed by atoms with Crippen molar-refractivity contribution in [3.8, 4) is 0 Å². The fourth-order valence-corrected chi connectivity index (χ4v) is 3.13. The van der Waals surface area contributed by atoms with Crippen LogP contribution in [0, 0.1) is 0 Å². The molecule has 1 aliphatic rings. The highest BCUT2D eigenvalue weighted by atomic mass is 79.9. The lowest BCUT2D eigenvalue weighted by molar-refractivity contribution is -0.133. The average Bonchev–Trinajstić information content (AvgIpc) is 2.78. The zero-order chi connectivity index (χ0) is 17.5. The van der Waals surface area contributed by atoms with Gasteiger partial charge in [0.2, 0.25) is 0 Å². The third-order valence-corrected chi connectivity index (χ3v) is 4.67. The number of hydrogen-bond acceptors (Lipinski definition) is 4. The van der Waals surface area contributed by atoms with Gasteiger partial charge in [-0.25, -0.2) is 0 Å². The molecule has 1 atom stereocenters. The van der Waals surface area contributed by atoms with Crippen LogP contribution in [0.3, 0.4) is 0 Å². The summed E-state index contributed by atoms with van der Waals surface area (Å²) in [5, 5.41) is 13.5. The minimum absolute atomic E-state index is 0.286. The number of amides is 1. The van der Waals surface area contributed by atoms with Crippen LogP contribution in [0.2, 0.25) is 0 Å². The van der Waals surface area contributed by atoms with Crippen molar-refractivity contribution in [1.29, 1.82) is 0 Å². The minimum Gasteiger partial charge on any atom is -0.378 e. The maximum absolute atomic E-state index is 12.6. The monoisotopic (exact) mass is 388 g/mol. The second-order valence-electron chi connectivity index (χ2n) is 6.05. The zero-order valence-electron chi connectivity index (χ0n) is 13.3. The molecule has 0 aliphatic carbocycles. The molecule has 6 heteroatoms. The van der Waals surface area contributed by atoms with Gasteiger partial charge in [0.25, 0.3) is 5.91 Å². The number of Topliss-reactive ketones (excluding diaryl/α,β-unsaturated/α-hetero) is 1. The van der Waals surface area contributed by atoms with Gasteiger partial charge >= 0.3 is 0 Å². The molecular weight excluding hydrogens is 372 g/mol. The number of carbonyl (C=O) groups excluding carboxylic acids is 2. The van der Waals surface area contributed by atoms with Gasteiger partial charge in [-0.15, -0.1) is 0 Å². The predicted molar refractivity (Wildman–Crippen MR) is 96.4 cm³/mol. The summed E-state index contributed by atoms with van der Waals surface area (Å²) in [6.45, 7) is 0. The molecule has 0 saturated heterocycles. The summed E-state index contributed by atoms with van der Waals surface area (Å²) in [5.74, 6) is -0.861. The lowest BCUT2D eigenvalue weighted by atomic mass is 9.88. The number of benzene rings is 2. The number of nitrogens with zero attached hydrogens (tertiary/aromatic N) is 1. The van der Waals surface area contributed by atoms with Crippen LogP contribution in [0.15, 0.2) is 46.9 Å². The summed E-state index contributed by atoms with van der Waals surface area (Å²) in [7, 11) is 3.83. The van der Waals surface area contributed by atoms with Crippen LogP contribution in [-0.2, 0) is 10.4 Å². The van der Waals surface area contributed by atoms with E-state index in [1.165, 1.54) is 0 Å². The number of anilines is 2. The number of ketones is 1. The van der Waals surface area contributed by atoms with Gasteiger partial charge in [-0.3, -0.25) is 9.59 Å². The summed E-state index contributed by atoms with van der Waals surface area (Å²) in [6, 6.07) is 12.2. The van der Waals surface area contributed by atoms with Crippen molar-refractivity contribution in [2.45, 2.75) is 12.0 Å². The standard InChI is InChI=1S/C18H17BrN2O3/c1-21(2)13-6-3-11(4-7-13)16(22)10-18(24)14-9-12(19)5-8-15(14)20-17(18)23/h3-9,24H,10H2,1-2H3,(H,20,23)/t18-/m1/s1. The Morgan fingerprint density at radius 2 is 1.88 bits per heavy atom. The Kier molecular flexibility index (Phi) is 4.19. The molecule has 1 heterocycles. The SMILES string of the molecule is CN(C)c1ccc(C(=O)C[C@]2(O)C(=O)Nc3ccc(Br)cc32)cc1. The largest absolute Gasteiger partial charge is 0.378 e. The Morgan fingerprint density at radius 3 is 2.50 bits per heavy atom. The lowest BCUT2D eigenvalue weighted by Crippen LogP contribution is -2.36. The third-order valence-electron chi connectivity index (χ3n) is 4.17. The van der Waals surface area contributed by atoms with Gasteiger partial charge in [-0.2, -0.15) is 0 Å². The molecule has 0 aromatic heterocycles. The molecule has 24 heavy (non-hydrogen) atoms. The van der Waals surface area contributed by atoms with E-state index in [2.05, 4.69) is 21.2 Å². The fourth-order valence-electron chi connectivity index (χ4n) is 2.77. The molecular formula is C18H17BrN2O3. The van der Waals surface area contributed by atoms with Gasteiger partial charge in [0.15, 0.2) is 11.4 Å². The van der Waals surface area contributed by atoms with E-state index in [4.69, 9.17) is 0 Å². The molecule has 0 fully saturated rings. The summed E-state index contributed by atoms with van der Waals surface area (Å²) >= 11 is 3.33. The molecule has 0 bridgehead atoms. The predicted octanol–water partition coefficient (Wildman–Crippen LogP) is 2.93. The van der Waals surface area contributed by atoms with Crippen molar-refractivity contribution >= 4 is 39.0 Å². The van der Waals surface area contributed by atoms with E-state index < -0.39 is 11.5 Å². The summed E-state index contributed by atoms with van der Waals surface area (Å²) in [6.07, 6.45) is -0.302. The average molecular weight is 389 g/mol. The van der Waals surface area contributed by atoms with E-state index in [1.54, 1.807) is 30.3 Å². The fraction of sp³-hybridized carbons (Fsp3) is 0.222. The van der Waals surface area contributed by atoms with Crippen LogP contribution in [-0.4, -0.2) is 30.9 Å². The Morgan fingerprint density at radius 1 is 1.21 bits per heavy atom. The Balaban J connectivity index is 1.89. The number of nitrogens with one attached hydrogen (secondary N) is 1. The van der Waals surface area contributed by atoms with Crippen molar-refractivity contribution in [2.24, 2.45) is 0 Å². The van der Waals surface area contributed by atoms with E-state index in [0.717, 1.165) is 10.2 Å². The van der Waals surface area contributed by atoms with Crippen molar-refractivity contribution in [3.05, 3.63) is 58.1 Å². The van der Waals surface area contributed by atoms with Crippen LogP contribution in [0.4, 0.5) is 11.4 Å². The van der Waals surface area contributed by atoms with Crippen LogP contribution in [0.25, 0.3) is 0 Å². The molecule has 0 radical (unpaired) electrons. The number of fused-ring (bicyclic) bond motifs is 1. The van der Waals surface area contributed by atoms with Crippen LogP contribution >= 0.6 is 15.9 Å². The number of halogens is 1. The van der Waals surface area contributed by atoms with Crippen LogP contribution in [0.5, 0.6) is 0 Å². The zero-order valence-corrected chi connectivity index (χ0v) is 14.9. The first-order valence-electron chi connectivity index (χ1n) is 7.46. The molecule has 2 N–H and O–H groups in total. The molecule has 0 spiro atoms. The Hall–Kier alpha value is -2.18. The van der Waals surface area contributed by atoms with Crippen molar-refractivity contribution < 1.29 is 14.7 Å². The molecule has 1 aliphatic heterocycles. The minimum atomic E-state index is -1.85. The molecule has 124 valence electrons. The number of hydrogen-bond donors (Lipinski definition) is 2. The summed E-state index contributed by atoms with van der Waals surface area (Å²) < 4.78 is 0.735. The highest BCUT2D eigenvalue weighted by Gasteiger charge is 2.46. The van der Waals surface area contributed by atoms with E-state index in [1.807, 2.05) is 31.1 Å². The molecule has 1 amide bonds. The van der Waals surface area contributed by atoms with E-state index in [-0.39, 0.29) is 12.2 Å². The molecule has 5 nitrogen and oxygen atoms in total. The Bertz CT molecular complexity index is 818. The van der Waals surface area contributed by atoms with Gasteiger partial charge in [0.05, 0.1) is 6.42 Å². The van der Waals surface area contributed by atoms with Gasteiger partial charge in [0.1, 0.15) is 0 Å². The summed E-state index contributed by atoms with van der Waals surface area (Å²) in [5.41, 5.74) is 0.529. The van der Waals surface area contributed by atoms with Gasteiger partial charge in [-0.05, 0) is 42.5 Å². The quantitative estimate of drug-likeness (QED) is 0.790. The third kappa shape index (κ3) is 2.83. The maximum Gasteiger partial charge on any atom is 0.261 e. The van der Waals surface area contributed by atoms with Crippen molar-refractivity contribution in [1.82, 2.24) is 0 Å². The maximum atomic E-state index is 12.6. The molecule has 2 aromatic carbocycles. The van der Waals surface area contributed by atoms with Gasteiger partial charge < -0.3 is 15.3 Å². The highest BCUT2D eigenvalue weighted by molar-refractivity contribution is 9.10. The molecule has 2 aromatic rings. The first kappa shape index (κ1) is 16.7. The van der Waals surface area contributed by atoms with E-state index in [9.17, 15) is 14.7 Å². The summed E-state index contributed by atoms with van der Waals surface area (Å²) in [4.78, 5) is 26.7. The van der Waals surface area contributed by atoms with Crippen molar-refractivity contribution in [2.75, 3.05) is 24.3 Å². The Labute approximate surface area is 148 Å². The topological polar surface area (TPSA) is 69.6 Å². The molecule has 0 unspecified atom stereocenters. The van der Waals surface area contributed by atoms with Crippen LogP contribution < -0.4 is 10.2 Å². The van der Waals surface area contributed by atoms with Gasteiger partial charge in [0, 0.05) is 41.1 Å². The first-order chi connectivity index (χ1) is 11.3. The van der Waals surface area contributed by atoms with Gasteiger partial charge in [-0.1, -0.05) is 15.9 Å². The second kappa shape index (κ2) is 6.03.